The Kier molecular flexibility index (Phi) is 3.90. The second-order valence-electron chi connectivity index (χ2n) is 3.16. The lowest BCUT2D eigenvalue weighted by atomic mass is 10.3. The van der Waals surface area contributed by atoms with Gasteiger partial charge in [-0.15, -0.1) is 0 Å². The molecular weight excluding hydrogens is 212 g/mol. The quantitative estimate of drug-likeness (QED) is 0.307. The average molecular weight is 226 g/mol. The number of aryl methyl sites for hydroxylation is 1. The normalized spacial score (nSPS) is 12.4. The van der Waals surface area contributed by atoms with Crippen molar-refractivity contribution in [2.75, 3.05) is 0 Å². The van der Waals surface area contributed by atoms with Crippen LogP contribution >= 0.6 is 11.8 Å². The molecule has 1 rings (SSSR count). The number of amidine groups is 1. The molecule has 0 aromatic carbocycles. The molecule has 0 radical (unpaired) electrons. The van der Waals surface area contributed by atoms with E-state index in [9.17, 15) is 4.79 Å². The summed E-state index contributed by atoms with van der Waals surface area (Å²) in [5.74, 6) is 0.103. The molecule has 4 N–H and O–H groups in total. The fraction of sp³-hybridized carbons (Fsp3) is 0.444. The second-order valence-corrected chi connectivity index (χ2v) is 4.35. The molecule has 1 aromatic rings. The van der Waals surface area contributed by atoms with Gasteiger partial charge >= 0.3 is 0 Å². The van der Waals surface area contributed by atoms with Crippen LogP contribution in [0.1, 0.15) is 19.0 Å². The summed E-state index contributed by atoms with van der Waals surface area (Å²) >= 11 is 1.31. The van der Waals surface area contributed by atoms with Gasteiger partial charge in [0.1, 0.15) is 5.84 Å². The number of H-pyrrole nitrogens is 1. The lowest BCUT2D eigenvalue weighted by Crippen LogP contribution is -2.24. The van der Waals surface area contributed by atoms with E-state index >= 15 is 0 Å². The van der Waals surface area contributed by atoms with E-state index in [0.717, 1.165) is 6.42 Å². The van der Waals surface area contributed by atoms with Gasteiger partial charge in [0, 0.05) is 11.8 Å². The molecule has 0 aliphatic carbocycles. The zero-order chi connectivity index (χ0) is 11.4. The Morgan fingerprint density at radius 1 is 1.80 bits per heavy atom. The van der Waals surface area contributed by atoms with Gasteiger partial charge in [0.15, 0.2) is 5.16 Å². The predicted molar refractivity (Wildman–Crippen MR) is 61.4 cm³/mol. The molecule has 0 amide bonds. The molecule has 1 aromatic heterocycles. The lowest BCUT2D eigenvalue weighted by molar-refractivity contribution is 0.893. The third-order valence-corrected chi connectivity index (χ3v) is 3.11. The summed E-state index contributed by atoms with van der Waals surface area (Å²) in [6, 6.07) is 1.43. The summed E-state index contributed by atoms with van der Waals surface area (Å²) in [6.45, 7) is 3.70. The molecule has 6 heteroatoms. The van der Waals surface area contributed by atoms with Gasteiger partial charge in [0.2, 0.25) is 0 Å². The summed E-state index contributed by atoms with van der Waals surface area (Å²) in [6.07, 6.45) is 0.734. The first-order chi connectivity index (χ1) is 7.02. The monoisotopic (exact) mass is 226 g/mol. The van der Waals surface area contributed by atoms with Crippen LogP contribution in [0.15, 0.2) is 16.0 Å². The van der Waals surface area contributed by atoms with Crippen LogP contribution in [0.4, 0.5) is 0 Å². The van der Waals surface area contributed by atoms with Gasteiger partial charge in [-0.3, -0.25) is 10.2 Å². The number of nitrogens with zero attached hydrogens (tertiary/aromatic N) is 1. The molecule has 1 atom stereocenters. The predicted octanol–water partition coefficient (Wildman–Crippen LogP) is 0.885. The second kappa shape index (κ2) is 4.97. The molecule has 1 heterocycles. The van der Waals surface area contributed by atoms with Crippen LogP contribution in [0.3, 0.4) is 0 Å². The largest absolute Gasteiger partial charge is 0.387 e. The van der Waals surface area contributed by atoms with Crippen LogP contribution in [0.25, 0.3) is 0 Å². The lowest BCUT2D eigenvalue weighted by Gasteiger charge is -2.11. The number of nitrogens with one attached hydrogen (secondary N) is 2. The zero-order valence-electron chi connectivity index (χ0n) is 8.70. The Morgan fingerprint density at radius 3 is 2.93 bits per heavy atom. The Labute approximate surface area is 92.0 Å². The molecule has 82 valence electrons. The Balaban J connectivity index is 2.88. The summed E-state index contributed by atoms with van der Waals surface area (Å²) in [4.78, 5) is 17.9. The number of rotatable bonds is 4. The van der Waals surface area contributed by atoms with Crippen molar-refractivity contribution in [2.24, 2.45) is 5.73 Å². The smallest absolute Gasteiger partial charge is 0.251 e. The van der Waals surface area contributed by atoms with E-state index in [0.29, 0.717) is 10.9 Å². The molecule has 0 aliphatic rings. The molecule has 0 bridgehead atoms. The highest BCUT2D eigenvalue weighted by molar-refractivity contribution is 8.00. The molecular formula is C9H14N4OS. The topological polar surface area (TPSA) is 95.6 Å². The van der Waals surface area contributed by atoms with E-state index in [4.69, 9.17) is 11.1 Å². The standard InChI is InChI=1S/C9H14N4OS/c1-3-6(8(10)11)15-9-12-5(2)4-7(14)13-9/h4,6H,3H2,1-2H3,(H3,10,11)(H,12,13,14). The molecule has 0 aliphatic heterocycles. The van der Waals surface area contributed by atoms with E-state index < -0.39 is 0 Å². The third-order valence-electron chi connectivity index (χ3n) is 1.82. The first-order valence-electron chi connectivity index (χ1n) is 4.61. The molecule has 1 unspecified atom stereocenters. The van der Waals surface area contributed by atoms with E-state index in [-0.39, 0.29) is 16.6 Å². The van der Waals surface area contributed by atoms with Gasteiger partial charge < -0.3 is 10.7 Å². The zero-order valence-corrected chi connectivity index (χ0v) is 9.52. The number of nitrogens with two attached hydrogens (primary N) is 1. The maximum atomic E-state index is 11.2. The van der Waals surface area contributed by atoms with Crippen LogP contribution in [0, 0.1) is 12.3 Å². The molecule has 0 spiro atoms. The van der Waals surface area contributed by atoms with Crippen molar-refractivity contribution in [3.8, 4) is 0 Å². The summed E-state index contributed by atoms with van der Waals surface area (Å²) in [5.41, 5.74) is 5.90. The number of hydrogen-bond acceptors (Lipinski definition) is 4. The van der Waals surface area contributed by atoms with Gasteiger partial charge in [0.05, 0.1) is 5.25 Å². The van der Waals surface area contributed by atoms with E-state index in [2.05, 4.69) is 9.97 Å². The fourth-order valence-electron chi connectivity index (χ4n) is 1.11. The van der Waals surface area contributed by atoms with Gasteiger partial charge in [-0.2, -0.15) is 0 Å². The SMILES string of the molecule is CCC(Sc1nc(C)cc(=O)[nH]1)C(=N)N. The number of aromatic nitrogens is 2. The first kappa shape index (κ1) is 11.8. The van der Waals surface area contributed by atoms with Gasteiger partial charge in [-0.05, 0) is 13.3 Å². The summed E-state index contributed by atoms with van der Waals surface area (Å²) in [5, 5.41) is 7.73. The van der Waals surface area contributed by atoms with E-state index in [1.165, 1.54) is 17.8 Å². The minimum absolute atomic E-state index is 0.103. The number of thioether (sulfide) groups is 1. The minimum atomic E-state index is -0.177. The molecule has 0 saturated carbocycles. The maximum absolute atomic E-state index is 11.2. The molecule has 5 nitrogen and oxygen atoms in total. The van der Waals surface area contributed by atoms with Crippen molar-refractivity contribution < 1.29 is 0 Å². The van der Waals surface area contributed by atoms with Gasteiger partial charge in [-0.1, -0.05) is 18.7 Å². The van der Waals surface area contributed by atoms with Crippen molar-refractivity contribution in [1.82, 2.24) is 9.97 Å². The van der Waals surface area contributed by atoms with Crippen molar-refractivity contribution in [3.05, 3.63) is 22.1 Å². The maximum Gasteiger partial charge on any atom is 0.251 e. The third kappa shape index (κ3) is 3.39. The van der Waals surface area contributed by atoms with Crippen LogP contribution in [0.2, 0.25) is 0 Å². The van der Waals surface area contributed by atoms with Crippen molar-refractivity contribution in [3.63, 3.8) is 0 Å². The highest BCUT2D eigenvalue weighted by Gasteiger charge is 2.12. The van der Waals surface area contributed by atoms with Gasteiger partial charge in [0.25, 0.3) is 5.56 Å². The summed E-state index contributed by atoms with van der Waals surface area (Å²) < 4.78 is 0. The van der Waals surface area contributed by atoms with Crippen LogP contribution < -0.4 is 11.3 Å². The van der Waals surface area contributed by atoms with Crippen LogP contribution in [-0.2, 0) is 0 Å². The van der Waals surface area contributed by atoms with Crippen LogP contribution in [0.5, 0.6) is 0 Å². The Morgan fingerprint density at radius 2 is 2.47 bits per heavy atom. The van der Waals surface area contributed by atoms with Crippen LogP contribution in [-0.4, -0.2) is 21.1 Å². The molecule has 0 fully saturated rings. The Bertz CT molecular complexity index is 415. The molecule has 0 saturated heterocycles. The molecule has 15 heavy (non-hydrogen) atoms. The number of hydrogen-bond donors (Lipinski definition) is 3. The van der Waals surface area contributed by atoms with Crippen molar-refractivity contribution in [2.45, 2.75) is 30.7 Å². The average Bonchev–Trinajstić information content (AvgIpc) is 2.12. The fourth-order valence-corrected chi connectivity index (χ4v) is 2.03. The minimum Gasteiger partial charge on any atom is -0.387 e. The van der Waals surface area contributed by atoms with E-state index in [1.54, 1.807) is 6.92 Å². The highest BCUT2D eigenvalue weighted by atomic mass is 32.2. The van der Waals surface area contributed by atoms with Crippen molar-refractivity contribution >= 4 is 17.6 Å². The van der Waals surface area contributed by atoms with Gasteiger partial charge in [-0.25, -0.2) is 4.98 Å². The van der Waals surface area contributed by atoms with Crippen molar-refractivity contribution in [1.29, 1.82) is 5.41 Å². The Hall–Kier alpha value is -1.30. The highest BCUT2D eigenvalue weighted by Crippen LogP contribution is 2.20. The van der Waals surface area contributed by atoms with E-state index in [1.807, 2.05) is 6.92 Å². The number of aromatic amines is 1. The summed E-state index contributed by atoms with van der Waals surface area (Å²) in [7, 11) is 0. The first-order valence-corrected chi connectivity index (χ1v) is 5.49.